The highest BCUT2D eigenvalue weighted by Gasteiger charge is 2.26. The summed E-state index contributed by atoms with van der Waals surface area (Å²) in [6.45, 7) is 4.38. The fourth-order valence-electron chi connectivity index (χ4n) is 3.96. The number of benzene rings is 1. The van der Waals surface area contributed by atoms with Gasteiger partial charge in [0.2, 0.25) is 0 Å². The molecule has 2 atom stereocenters. The van der Waals surface area contributed by atoms with Crippen LogP contribution in [0.25, 0.3) is 5.65 Å². The first kappa shape index (κ1) is 17.0. The van der Waals surface area contributed by atoms with Crippen molar-refractivity contribution in [2.24, 2.45) is 5.73 Å². The highest BCUT2D eigenvalue weighted by atomic mass is 16.5. The lowest BCUT2D eigenvalue weighted by molar-refractivity contribution is 0.176. The second kappa shape index (κ2) is 7.08. The molecule has 0 saturated heterocycles. The van der Waals surface area contributed by atoms with E-state index in [1.807, 2.05) is 24.4 Å². The summed E-state index contributed by atoms with van der Waals surface area (Å²) in [6, 6.07) is 12.4. The normalized spacial score (nSPS) is 19.7. The Bertz CT molecular complexity index is 900. The largest absolute Gasteiger partial charge is 0.484 e. The molecule has 2 N–H and O–H groups in total. The standard InChI is InChI=1S/C21H26N4O/c1-3-14(4-2)21-24-23-20-12-9-15(13-25(20)21)26-19-11-10-18(22)16-7-5-6-8-17(16)19/h5-9,12-14,18-19H,3-4,10-11,22H2,1-2H3. The number of nitrogens with zero attached hydrogens (tertiary/aromatic N) is 3. The molecule has 2 unspecified atom stereocenters. The van der Waals surface area contributed by atoms with Crippen LogP contribution in [0.3, 0.4) is 0 Å². The SMILES string of the molecule is CCC(CC)c1nnc2ccc(OC3CCC(N)c4ccccc43)cn12. The third-order valence-corrected chi connectivity index (χ3v) is 5.51. The van der Waals surface area contributed by atoms with Crippen LogP contribution in [0.15, 0.2) is 42.6 Å². The first-order valence-electron chi connectivity index (χ1n) is 9.57. The van der Waals surface area contributed by atoms with Crippen LogP contribution >= 0.6 is 0 Å². The molecule has 0 radical (unpaired) electrons. The summed E-state index contributed by atoms with van der Waals surface area (Å²) in [5.74, 6) is 2.27. The van der Waals surface area contributed by atoms with E-state index >= 15 is 0 Å². The van der Waals surface area contributed by atoms with Crippen molar-refractivity contribution in [1.29, 1.82) is 0 Å². The molecule has 3 aromatic rings. The van der Waals surface area contributed by atoms with Gasteiger partial charge >= 0.3 is 0 Å². The maximum atomic E-state index is 6.38. The van der Waals surface area contributed by atoms with Crippen molar-refractivity contribution in [3.05, 3.63) is 59.5 Å². The highest BCUT2D eigenvalue weighted by molar-refractivity contribution is 5.42. The van der Waals surface area contributed by atoms with Gasteiger partial charge in [0.05, 0.1) is 6.20 Å². The zero-order valence-corrected chi connectivity index (χ0v) is 15.4. The average molecular weight is 350 g/mol. The van der Waals surface area contributed by atoms with E-state index in [-0.39, 0.29) is 12.1 Å². The van der Waals surface area contributed by atoms with Crippen LogP contribution in [0.2, 0.25) is 0 Å². The first-order chi connectivity index (χ1) is 12.7. The summed E-state index contributed by atoms with van der Waals surface area (Å²) >= 11 is 0. The fraction of sp³-hybridized carbons (Fsp3) is 0.429. The molecule has 1 aromatic carbocycles. The van der Waals surface area contributed by atoms with Crippen LogP contribution in [0.4, 0.5) is 0 Å². The van der Waals surface area contributed by atoms with Gasteiger partial charge in [0, 0.05) is 12.0 Å². The lowest BCUT2D eigenvalue weighted by atomic mass is 9.86. The van der Waals surface area contributed by atoms with Gasteiger partial charge in [-0.05, 0) is 48.9 Å². The molecule has 1 aliphatic rings. The van der Waals surface area contributed by atoms with Crippen molar-refractivity contribution in [2.45, 2.75) is 57.6 Å². The van der Waals surface area contributed by atoms with E-state index < -0.39 is 0 Å². The maximum Gasteiger partial charge on any atom is 0.161 e. The van der Waals surface area contributed by atoms with E-state index in [0.29, 0.717) is 5.92 Å². The zero-order chi connectivity index (χ0) is 18.1. The number of rotatable bonds is 5. The third-order valence-electron chi connectivity index (χ3n) is 5.51. The second-order valence-corrected chi connectivity index (χ2v) is 7.08. The van der Waals surface area contributed by atoms with Gasteiger partial charge in [0.25, 0.3) is 0 Å². The Morgan fingerprint density at radius 2 is 1.85 bits per heavy atom. The Morgan fingerprint density at radius 3 is 2.62 bits per heavy atom. The third kappa shape index (κ3) is 2.97. The first-order valence-corrected chi connectivity index (χ1v) is 9.57. The number of fused-ring (bicyclic) bond motifs is 2. The number of hydrogen-bond acceptors (Lipinski definition) is 4. The number of hydrogen-bond donors (Lipinski definition) is 1. The molecule has 0 bridgehead atoms. The predicted molar refractivity (Wildman–Crippen MR) is 102 cm³/mol. The topological polar surface area (TPSA) is 65.4 Å². The summed E-state index contributed by atoms with van der Waals surface area (Å²) < 4.78 is 8.45. The van der Waals surface area contributed by atoms with Crippen LogP contribution in [0, 0.1) is 0 Å². The molecule has 5 heteroatoms. The molecule has 2 aromatic heterocycles. The van der Waals surface area contributed by atoms with Crippen molar-refractivity contribution >= 4 is 5.65 Å². The minimum atomic E-state index is 0.0385. The molecule has 1 aliphatic carbocycles. The van der Waals surface area contributed by atoms with Crippen LogP contribution in [-0.4, -0.2) is 14.6 Å². The van der Waals surface area contributed by atoms with Gasteiger partial charge < -0.3 is 10.5 Å². The minimum Gasteiger partial charge on any atom is -0.484 e. The Morgan fingerprint density at radius 1 is 1.08 bits per heavy atom. The fourth-order valence-corrected chi connectivity index (χ4v) is 3.96. The molecule has 2 heterocycles. The van der Waals surface area contributed by atoms with Gasteiger partial charge in [-0.3, -0.25) is 4.40 Å². The molecule has 0 aliphatic heterocycles. The van der Waals surface area contributed by atoms with Crippen molar-refractivity contribution in [2.75, 3.05) is 0 Å². The van der Waals surface area contributed by atoms with Crippen molar-refractivity contribution in [3.8, 4) is 5.75 Å². The van der Waals surface area contributed by atoms with Crippen LogP contribution < -0.4 is 10.5 Å². The molecule has 0 amide bonds. The average Bonchev–Trinajstić information content (AvgIpc) is 3.09. The number of pyridine rings is 1. The number of ether oxygens (including phenoxy) is 1. The highest BCUT2D eigenvalue weighted by Crippen LogP contribution is 2.37. The molecular weight excluding hydrogens is 324 g/mol. The van der Waals surface area contributed by atoms with Crippen molar-refractivity contribution in [1.82, 2.24) is 14.6 Å². The van der Waals surface area contributed by atoms with Gasteiger partial charge in [0.1, 0.15) is 17.7 Å². The van der Waals surface area contributed by atoms with Gasteiger partial charge in [-0.25, -0.2) is 0 Å². The van der Waals surface area contributed by atoms with Crippen LogP contribution in [0.1, 0.15) is 74.5 Å². The Labute approximate surface area is 154 Å². The summed E-state index contributed by atoms with van der Waals surface area (Å²) in [5, 5.41) is 8.72. The summed E-state index contributed by atoms with van der Waals surface area (Å²) in [7, 11) is 0. The van der Waals surface area contributed by atoms with Crippen molar-refractivity contribution in [3.63, 3.8) is 0 Å². The lowest BCUT2D eigenvalue weighted by Crippen LogP contribution is -2.23. The van der Waals surface area contributed by atoms with Gasteiger partial charge in [0.15, 0.2) is 5.65 Å². The zero-order valence-electron chi connectivity index (χ0n) is 15.4. The van der Waals surface area contributed by atoms with Crippen LogP contribution in [-0.2, 0) is 0 Å². The summed E-state index contributed by atoms with van der Waals surface area (Å²) in [5.41, 5.74) is 9.54. The smallest absolute Gasteiger partial charge is 0.161 e. The van der Waals surface area contributed by atoms with E-state index in [1.54, 1.807) is 0 Å². The molecule has 0 saturated carbocycles. The maximum absolute atomic E-state index is 6.38. The number of nitrogens with two attached hydrogens (primary N) is 1. The molecule has 26 heavy (non-hydrogen) atoms. The molecule has 0 fully saturated rings. The van der Waals surface area contributed by atoms with Gasteiger partial charge in [-0.1, -0.05) is 38.1 Å². The van der Waals surface area contributed by atoms with E-state index in [0.717, 1.165) is 42.9 Å². The second-order valence-electron chi connectivity index (χ2n) is 7.08. The number of aromatic nitrogens is 3. The Hall–Kier alpha value is -2.40. The summed E-state index contributed by atoms with van der Waals surface area (Å²) in [4.78, 5) is 0. The Kier molecular flexibility index (Phi) is 4.64. The molecular formula is C21H26N4O. The summed E-state index contributed by atoms with van der Waals surface area (Å²) in [6.07, 6.45) is 6.04. The van der Waals surface area contributed by atoms with E-state index in [4.69, 9.17) is 10.5 Å². The lowest BCUT2D eigenvalue weighted by Gasteiger charge is -2.30. The van der Waals surface area contributed by atoms with E-state index in [9.17, 15) is 0 Å². The molecule has 4 rings (SSSR count). The molecule has 0 spiro atoms. The van der Waals surface area contributed by atoms with Gasteiger partial charge in [-0.15, -0.1) is 10.2 Å². The molecule has 136 valence electrons. The van der Waals surface area contributed by atoms with E-state index in [1.165, 1.54) is 11.1 Å². The Balaban J connectivity index is 1.66. The van der Waals surface area contributed by atoms with Crippen LogP contribution in [0.5, 0.6) is 5.75 Å². The van der Waals surface area contributed by atoms with E-state index in [2.05, 4.69) is 46.6 Å². The quantitative estimate of drug-likeness (QED) is 0.733. The monoisotopic (exact) mass is 350 g/mol. The minimum absolute atomic E-state index is 0.0385. The predicted octanol–water partition coefficient (Wildman–Crippen LogP) is 4.55. The van der Waals surface area contributed by atoms with Gasteiger partial charge in [-0.2, -0.15) is 0 Å². The van der Waals surface area contributed by atoms with Crippen molar-refractivity contribution < 1.29 is 4.74 Å². The molecule has 5 nitrogen and oxygen atoms in total.